The van der Waals surface area contributed by atoms with Crippen LogP contribution in [0.3, 0.4) is 0 Å². The normalized spacial score (nSPS) is 12.3. The van der Waals surface area contributed by atoms with E-state index < -0.39 is 146 Å². The predicted molar refractivity (Wildman–Crippen MR) is 363 cm³/mol. The fraction of sp³-hybridized carbons (Fsp3) is 0.652. The van der Waals surface area contributed by atoms with Crippen LogP contribution in [-0.4, -0.2) is 95.6 Å². The molecule has 4 aromatic carbocycles. The summed E-state index contributed by atoms with van der Waals surface area (Å²) in [6.45, 7) is 11.3. The van der Waals surface area contributed by atoms with Crippen LogP contribution in [0.2, 0.25) is 0 Å². The Hall–Kier alpha value is -5.70. The van der Waals surface area contributed by atoms with Gasteiger partial charge in [-0.05, 0) is 87.1 Å². The first-order valence-electron chi connectivity index (χ1n) is 35.8. The van der Waals surface area contributed by atoms with E-state index in [9.17, 15) is 110 Å². The fourth-order valence-corrected chi connectivity index (χ4v) is 11.4. The smallest absolute Gasteiger partial charge is 0.707 e. The molecule has 0 atom stereocenters. The van der Waals surface area contributed by atoms with Gasteiger partial charge in [0.1, 0.15) is 45.3 Å². The fourth-order valence-electron chi connectivity index (χ4n) is 11.4. The van der Waals surface area contributed by atoms with Gasteiger partial charge in [0.2, 0.25) is 0 Å². The van der Waals surface area contributed by atoms with E-state index in [2.05, 4.69) is 46.4 Å². The molecule has 0 unspecified atom stereocenters. The Labute approximate surface area is 626 Å². The third-order valence-electron chi connectivity index (χ3n) is 16.5. The third kappa shape index (κ3) is 44.7. The molecule has 0 fully saturated rings. The minimum Gasteiger partial charge on any atom is -0.820 e. The molecule has 0 aliphatic carbocycles. The van der Waals surface area contributed by atoms with Crippen LogP contribution in [-0.2, 0) is 49.4 Å². The molecule has 0 saturated heterocycles. The second-order valence-corrected chi connectivity index (χ2v) is 25.8. The Morgan fingerprint density at radius 1 is 0.264 bits per heavy atom. The molecule has 0 amide bonds. The molecule has 41 heteroatoms. The summed E-state index contributed by atoms with van der Waals surface area (Å²) in [6.07, 6.45) is 1.33. The summed E-state index contributed by atoms with van der Waals surface area (Å²) in [7, 11) is -8.27. The van der Waals surface area contributed by atoms with Crippen LogP contribution in [0.1, 0.15) is 258 Å². The zero-order valence-electron chi connectivity index (χ0n) is 61.3. The predicted octanol–water partition coefficient (Wildman–Crippen LogP) is 20.9. The Morgan fingerprint density at radius 3 is 0.573 bits per heavy atom. The number of alkyl halides is 24. The van der Waals surface area contributed by atoms with Crippen molar-refractivity contribution in [3.63, 3.8) is 0 Å². The summed E-state index contributed by atoms with van der Waals surface area (Å²) >= 11 is 0. The van der Waals surface area contributed by atoms with Gasteiger partial charge < -0.3 is 63.3 Å². The van der Waals surface area contributed by atoms with Crippen LogP contribution in [0.25, 0.3) is 0 Å². The van der Waals surface area contributed by atoms with Crippen molar-refractivity contribution < 1.29 is 169 Å². The average Bonchev–Trinajstić information content (AvgIpc) is 0.803. The minimum absolute atomic E-state index is 0.201. The Kier molecular flexibility index (Phi) is 48.6. The van der Waals surface area contributed by atoms with Crippen LogP contribution in [0.4, 0.5) is 105 Å². The number of benzene rings is 4. The summed E-state index contributed by atoms with van der Waals surface area (Å²) < 4.78 is 316. The van der Waals surface area contributed by atoms with Crippen LogP contribution >= 0.6 is 0 Å². The molecule has 13 nitrogen and oxygen atoms in total. The highest BCUT2D eigenvalue weighted by Crippen LogP contribution is 2.49. The lowest BCUT2D eigenvalue weighted by Crippen LogP contribution is -2.46. The maximum atomic E-state index is 12.5. The molecule has 630 valence electrons. The molecular formula is C69H97B4F24NO12. The van der Waals surface area contributed by atoms with Gasteiger partial charge in [0.25, 0.3) is 0 Å². The van der Waals surface area contributed by atoms with Crippen LogP contribution in [0.15, 0.2) is 72.8 Å². The molecule has 0 aliphatic rings. The first-order valence-corrected chi connectivity index (χ1v) is 35.8. The van der Waals surface area contributed by atoms with Gasteiger partial charge in [-0.3, -0.25) is 0 Å². The Morgan fingerprint density at radius 2 is 0.427 bits per heavy atom. The van der Waals surface area contributed by atoms with Gasteiger partial charge >= 0.3 is 78.7 Å². The lowest BCUT2D eigenvalue weighted by Gasteiger charge is -2.35. The van der Waals surface area contributed by atoms with Crippen molar-refractivity contribution in [2.75, 3.05) is 26.7 Å². The van der Waals surface area contributed by atoms with Crippen molar-refractivity contribution in [2.24, 2.45) is 0 Å². The topological polar surface area (TPSA) is 202 Å². The van der Waals surface area contributed by atoms with Crippen molar-refractivity contribution in [3.8, 4) is 23.0 Å². The highest BCUT2D eigenvalue weighted by molar-refractivity contribution is 6.34. The first-order chi connectivity index (χ1) is 50.8. The van der Waals surface area contributed by atoms with Gasteiger partial charge in [-0.1, -0.05) is 199 Å². The summed E-state index contributed by atoms with van der Waals surface area (Å²) in [4.78, 5) is 0. The summed E-state index contributed by atoms with van der Waals surface area (Å²) in [5.74, 6) is -5.31. The van der Waals surface area contributed by atoms with Gasteiger partial charge in [0, 0.05) is 0 Å². The molecule has 0 spiro atoms. The van der Waals surface area contributed by atoms with E-state index in [0.29, 0.717) is 48.5 Å². The van der Waals surface area contributed by atoms with E-state index in [-0.39, 0.29) is 24.3 Å². The Bertz CT molecular complexity index is 2710. The first kappa shape index (κ1) is 104. The highest BCUT2D eigenvalue weighted by atomic mass is 19.4. The zero-order valence-corrected chi connectivity index (χ0v) is 61.3. The molecular weight excluding hydrogens is 1530 g/mol. The molecule has 4 rings (SSSR count). The van der Waals surface area contributed by atoms with Gasteiger partial charge in [0.15, 0.2) is 0 Å². The third-order valence-corrected chi connectivity index (χ3v) is 16.5. The Balaban J connectivity index is 0.00000141. The molecule has 4 aromatic rings. The largest absolute Gasteiger partial charge is 0.820 e. The van der Waals surface area contributed by atoms with Crippen molar-refractivity contribution in [2.45, 2.75) is 263 Å². The maximum Gasteiger partial charge on any atom is 0.707 e. The van der Waals surface area contributed by atoms with Gasteiger partial charge in [0.05, 0.1) is 48.9 Å². The molecule has 0 aliphatic heterocycles. The van der Waals surface area contributed by atoms with E-state index in [4.69, 9.17) is 35.2 Å². The van der Waals surface area contributed by atoms with Crippen molar-refractivity contribution in [1.29, 1.82) is 0 Å². The number of hydrogen-bond donors (Lipinski definition) is 7. The molecule has 110 heavy (non-hydrogen) atoms. The highest BCUT2D eigenvalue weighted by Gasteiger charge is 2.50. The van der Waals surface area contributed by atoms with Gasteiger partial charge in [-0.15, -0.1) is 0 Å². The second-order valence-electron chi connectivity index (χ2n) is 25.8. The zero-order chi connectivity index (χ0) is 84.4. The lowest BCUT2D eigenvalue weighted by molar-refractivity contribution is -0.910. The van der Waals surface area contributed by atoms with E-state index in [1.54, 1.807) is 0 Å². The summed E-state index contributed by atoms with van der Waals surface area (Å²) in [5.41, 5.74) is -16.4. The number of unbranched alkanes of at least 4 members (excludes halogenated alkanes) is 27. The van der Waals surface area contributed by atoms with Crippen LogP contribution in [0.5, 0.6) is 23.0 Å². The second kappa shape index (κ2) is 51.2. The van der Waals surface area contributed by atoms with Gasteiger partial charge in [-0.25, -0.2) is 0 Å². The molecule has 0 radical (unpaired) electrons. The number of hydrogen-bond acceptors (Lipinski definition) is 12. The minimum atomic E-state index is -5.38. The van der Waals surface area contributed by atoms with Crippen LogP contribution < -0.4 is 23.6 Å². The van der Waals surface area contributed by atoms with E-state index in [1.165, 1.54) is 217 Å². The SMILES string of the molecule is CCCCCCCCCCCC[N+](C)(CCCCCCCCCCCC)CCCCCCCCCCCC.OB(O)Oc1cccc(C(F)(F)F)c1C(F)(F)F.OB(O)Oc1cccc(C(F)(F)F)c1C(F)(F)F.OB(O)Oc1cccc(C(F)(F)F)c1C(F)(F)F.[O-]B(O)Oc1cccc(C(F)(F)F)c1C(F)(F)F. The number of rotatable bonds is 41. The number of nitrogens with zero attached hydrogens (tertiary/aromatic N) is 1. The van der Waals surface area contributed by atoms with Crippen molar-refractivity contribution in [1.82, 2.24) is 0 Å². The van der Waals surface area contributed by atoms with E-state index >= 15 is 0 Å². The molecule has 0 heterocycles. The van der Waals surface area contributed by atoms with Crippen molar-refractivity contribution >= 4 is 29.3 Å². The average molecular weight is 1630 g/mol. The van der Waals surface area contributed by atoms with Crippen molar-refractivity contribution in [3.05, 3.63) is 117 Å². The summed E-state index contributed by atoms with van der Waals surface area (Å²) in [5, 5.41) is 68.7. The molecule has 0 saturated carbocycles. The summed E-state index contributed by atoms with van der Waals surface area (Å²) in [6, 6.07) is 5.66. The molecule has 0 aromatic heterocycles. The maximum absolute atomic E-state index is 12.5. The monoisotopic (exact) mass is 1630 g/mol. The lowest BCUT2D eigenvalue weighted by atomic mass is 10.0. The van der Waals surface area contributed by atoms with E-state index in [0.717, 1.165) is 0 Å². The quantitative estimate of drug-likeness (QED) is 0.00961. The molecule has 0 bridgehead atoms. The van der Waals surface area contributed by atoms with Crippen LogP contribution in [0, 0.1) is 0 Å². The number of halogens is 24. The number of quaternary nitrogens is 1. The van der Waals surface area contributed by atoms with Gasteiger partial charge in [-0.2, -0.15) is 105 Å². The van der Waals surface area contributed by atoms with E-state index in [1.807, 2.05) is 0 Å². The molecule has 7 N–H and O–H groups in total. The standard InChI is InChI=1S/C37H78N.3C8H5BF6O3.C8H4BF6O3/c1-5-8-11-14-17-20-23-26-29-32-35-38(4,36-33-30-27-24-21-18-15-12-9-6-2)37-34-31-28-25-22-19-16-13-10-7-3;4*10-7(11,12)4-2-1-3-5(18-9(16)17)6(4)8(13,14)15/h5-37H2,1-4H3;3*1-3,16-17H;1-3,16H/q+1;;;;-1.